The monoisotopic (exact) mass is 208 g/mol. The molecule has 0 aliphatic rings. The zero-order valence-electron chi connectivity index (χ0n) is 7.17. The molecule has 2 N–H and O–H groups in total. The summed E-state index contributed by atoms with van der Waals surface area (Å²) in [6.45, 7) is 1.44. The minimum absolute atomic E-state index is 0.113. The van der Waals surface area contributed by atoms with Crippen LogP contribution in [0.1, 0.15) is 16.7 Å². The fourth-order valence-electron chi connectivity index (χ4n) is 1.03. The molecule has 14 heavy (non-hydrogen) atoms. The molecule has 1 aromatic carbocycles. The van der Waals surface area contributed by atoms with Gasteiger partial charge < -0.3 is 10.2 Å². The summed E-state index contributed by atoms with van der Waals surface area (Å²) >= 11 is 5.63. The van der Waals surface area contributed by atoms with E-state index in [1.54, 1.807) is 12.1 Å². The van der Waals surface area contributed by atoms with Gasteiger partial charge in [0.25, 0.3) is 0 Å². The predicted octanol–water partition coefficient (Wildman–Crippen LogP) is 1.80. The molecular weight excluding hydrogens is 204 g/mol. The molecule has 0 aliphatic carbocycles. The van der Waals surface area contributed by atoms with E-state index < -0.39 is 5.75 Å². The van der Waals surface area contributed by atoms with Crippen LogP contribution in [0.5, 0.6) is 11.5 Å². The average Bonchev–Trinajstić information content (AvgIpc) is 2.20. The Kier molecular flexibility index (Phi) is 2.51. The lowest BCUT2D eigenvalue weighted by molar-refractivity contribution is 0.454. The molecule has 5 heteroatoms. The number of phenols is 2. The molecule has 0 spiro atoms. The second-order valence-electron chi connectivity index (χ2n) is 2.61. The lowest BCUT2D eigenvalue weighted by Gasteiger charge is -2.07. The molecule has 0 aliphatic heterocycles. The van der Waals surface area contributed by atoms with Crippen molar-refractivity contribution in [2.24, 2.45) is 0 Å². The first-order valence-corrected chi connectivity index (χ1v) is 3.96. The minimum Gasteiger partial charge on any atom is -0.506 e. The Morgan fingerprint density at radius 1 is 1.07 bits per heavy atom. The van der Waals surface area contributed by atoms with E-state index in [4.69, 9.17) is 22.1 Å². The van der Waals surface area contributed by atoms with Crippen LogP contribution in [0.25, 0.3) is 0 Å². The van der Waals surface area contributed by atoms with Crippen LogP contribution in [0.15, 0.2) is 0 Å². The van der Waals surface area contributed by atoms with Gasteiger partial charge in [0, 0.05) is 5.56 Å². The average molecular weight is 209 g/mol. The Morgan fingerprint density at radius 3 is 1.93 bits per heavy atom. The van der Waals surface area contributed by atoms with Crippen LogP contribution in [-0.4, -0.2) is 10.2 Å². The molecule has 0 radical (unpaired) electrons. The number of rotatable bonds is 0. The topological polar surface area (TPSA) is 88.0 Å². The van der Waals surface area contributed by atoms with Gasteiger partial charge in [-0.25, -0.2) is 0 Å². The van der Waals surface area contributed by atoms with Crippen molar-refractivity contribution in [1.82, 2.24) is 0 Å². The van der Waals surface area contributed by atoms with Gasteiger partial charge in [-0.15, -0.1) is 0 Å². The summed E-state index contributed by atoms with van der Waals surface area (Å²) in [7, 11) is 0. The minimum atomic E-state index is -0.471. The summed E-state index contributed by atoms with van der Waals surface area (Å²) in [6, 6.07) is 3.24. The first-order valence-electron chi connectivity index (χ1n) is 3.58. The Hall–Kier alpha value is -1.91. The van der Waals surface area contributed by atoms with Gasteiger partial charge in [-0.05, 0) is 6.92 Å². The maximum atomic E-state index is 9.45. The summed E-state index contributed by atoms with van der Waals surface area (Å²) in [5, 5.41) is 36.0. The van der Waals surface area contributed by atoms with Gasteiger partial charge in [0.05, 0.1) is 5.02 Å². The van der Waals surface area contributed by atoms with Gasteiger partial charge in [0.2, 0.25) is 0 Å². The van der Waals surface area contributed by atoms with Crippen molar-refractivity contribution in [3.63, 3.8) is 0 Å². The van der Waals surface area contributed by atoms with Crippen molar-refractivity contribution >= 4 is 11.6 Å². The molecule has 0 saturated carbocycles. The highest BCUT2D eigenvalue weighted by Crippen LogP contribution is 2.39. The highest BCUT2D eigenvalue weighted by atomic mass is 35.5. The highest BCUT2D eigenvalue weighted by molar-refractivity contribution is 6.33. The number of nitrogens with zero attached hydrogens (tertiary/aromatic N) is 2. The van der Waals surface area contributed by atoms with Crippen LogP contribution < -0.4 is 0 Å². The lowest BCUT2D eigenvalue weighted by Crippen LogP contribution is -1.90. The molecule has 1 rings (SSSR count). The van der Waals surface area contributed by atoms with E-state index in [2.05, 4.69) is 0 Å². The smallest absolute Gasteiger partial charge is 0.153 e. The zero-order valence-corrected chi connectivity index (χ0v) is 7.92. The summed E-state index contributed by atoms with van der Waals surface area (Å²) in [5.41, 5.74) is -0.382. The fourth-order valence-corrected chi connectivity index (χ4v) is 1.22. The zero-order chi connectivity index (χ0) is 10.9. The molecule has 0 amide bonds. The third-order valence-corrected chi connectivity index (χ3v) is 2.30. The molecule has 1 aromatic rings. The van der Waals surface area contributed by atoms with E-state index in [9.17, 15) is 10.2 Å². The van der Waals surface area contributed by atoms with Crippen LogP contribution in [0.2, 0.25) is 5.02 Å². The number of aromatic hydroxyl groups is 2. The molecule has 0 unspecified atom stereocenters. The number of hydrogen-bond donors (Lipinski definition) is 2. The summed E-state index contributed by atoms with van der Waals surface area (Å²) in [4.78, 5) is 0. The molecule has 0 fully saturated rings. The van der Waals surface area contributed by atoms with Gasteiger partial charge in [-0.3, -0.25) is 0 Å². The Balaban J connectivity index is 3.79. The molecule has 0 saturated heterocycles. The SMILES string of the molecule is Cc1c(O)c(C#N)c(C#N)c(O)c1Cl. The summed E-state index contributed by atoms with van der Waals surface area (Å²) < 4.78 is 0. The van der Waals surface area contributed by atoms with Crippen LogP contribution in [0.4, 0.5) is 0 Å². The largest absolute Gasteiger partial charge is 0.506 e. The van der Waals surface area contributed by atoms with Gasteiger partial charge >= 0.3 is 0 Å². The molecule has 0 atom stereocenters. The summed E-state index contributed by atoms with van der Waals surface area (Å²) in [5.74, 6) is -0.840. The van der Waals surface area contributed by atoms with E-state index in [-0.39, 0.29) is 27.5 Å². The Bertz CT molecular complexity index is 438. The van der Waals surface area contributed by atoms with Crippen LogP contribution in [0, 0.1) is 29.6 Å². The number of hydrogen-bond acceptors (Lipinski definition) is 4. The van der Waals surface area contributed by atoms with E-state index in [1.807, 2.05) is 0 Å². The first-order chi connectivity index (χ1) is 6.54. The number of halogens is 1. The van der Waals surface area contributed by atoms with E-state index in [0.29, 0.717) is 0 Å². The van der Waals surface area contributed by atoms with E-state index >= 15 is 0 Å². The van der Waals surface area contributed by atoms with Gasteiger partial charge in [-0.2, -0.15) is 10.5 Å². The third kappa shape index (κ3) is 1.22. The molecule has 0 heterocycles. The van der Waals surface area contributed by atoms with E-state index in [0.717, 1.165) is 0 Å². The molecule has 70 valence electrons. The second-order valence-corrected chi connectivity index (χ2v) is 2.99. The quantitative estimate of drug-likeness (QED) is 0.637. The van der Waals surface area contributed by atoms with Crippen LogP contribution in [0.3, 0.4) is 0 Å². The lowest BCUT2D eigenvalue weighted by atomic mass is 10.0. The molecular formula is C9H5ClN2O2. The maximum Gasteiger partial charge on any atom is 0.153 e. The normalized spacial score (nSPS) is 9.14. The fraction of sp³-hybridized carbons (Fsp3) is 0.111. The van der Waals surface area contributed by atoms with E-state index in [1.165, 1.54) is 6.92 Å². The summed E-state index contributed by atoms with van der Waals surface area (Å²) in [6.07, 6.45) is 0. The van der Waals surface area contributed by atoms with Gasteiger partial charge in [-0.1, -0.05) is 11.6 Å². The predicted molar refractivity (Wildman–Crippen MR) is 48.9 cm³/mol. The molecule has 0 bridgehead atoms. The number of benzene rings is 1. The Labute approximate surface area is 85.2 Å². The van der Waals surface area contributed by atoms with Crippen molar-refractivity contribution in [3.8, 4) is 23.6 Å². The van der Waals surface area contributed by atoms with Crippen LogP contribution in [-0.2, 0) is 0 Å². The maximum absolute atomic E-state index is 9.45. The van der Waals surface area contributed by atoms with Gasteiger partial charge in [0.15, 0.2) is 5.75 Å². The molecule has 0 aromatic heterocycles. The van der Waals surface area contributed by atoms with Gasteiger partial charge in [0.1, 0.15) is 29.0 Å². The van der Waals surface area contributed by atoms with Crippen molar-refractivity contribution in [3.05, 3.63) is 21.7 Å². The third-order valence-electron chi connectivity index (χ3n) is 1.84. The Morgan fingerprint density at radius 2 is 1.50 bits per heavy atom. The molecule has 4 nitrogen and oxygen atoms in total. The second kappa shape index (κ2) is 3.45. The first kappa shape index (κ1) is 10.2. The standard InChI is InChI=1S/C9H5ClN2O2/c1-4-7(10)9(14)6(3-12)5(2-11)8(4)13/h13-14H,1H3. The number of nitriles is 2. The van der Waals surface area contributed by atoms with Crippen molar-refractivity contribution in [2.45, 2.75) is 6.92 Å². The van der Waals surface area contributed by atoms with Crippen molar-refractivity contribution < 1.29 is 10.2 Å². The van der Waals surface area contributed by atoms with Crippen molar-refractivity contribution in [2.75, 3.05) is 0 Å². The van der Waals surface area contributed by atoms with Crippen LogP contribution >= 0.6 is 11.6 Å². The highest BCUT2D eigenvalue weighted by Gasteiger charge is 2.19. The van der Waals surface area contributed by atoms with Crippen molar-refractivity contribution in [1.29, 1.82) is 10.5 Å². The number of phenolic OH excluding ortho intramolecular Hbond substituents is 2.